The molecule has 0 aliphatic carbocycles. The zero-order chi connectivity index (χ0) is 10.5. The maximum atomic E-state index is 4.16. The van der Waals surface area contributed by atoms with E-state index >= 15 is 0 Å². The summed E-state index contributed by atoms with van der Waals surface area (Å²) in [5, 5.41) is 7.35. The van der Waals surface area contributed by atoms with Gasteiger partial charge in [0.05, 0.1) is 0 Å². The van der Waals surface area contributed by atoms with Crippen molar-refractivity contribution in [3.8, 4) is 0 Å². The summed E-state index contributed by atoms with van der Waals surface area (Å²) >= 11 is 0. The molecule has 0 atom stereocenters. The SMILES string of the molecule is Cc1cnc(NCCCn2cccn2)[nH]1. The van der Waals surface area contributed by atoms with Crippen molar-refractivity contribution in [1.29, 1.82) is 0 Å². The first-order valence-electron chi connectivity index (χ1n) is 5.07. The fourth-order valence-corrected chi connectivity index (χ4v) is 1.38. The Morgan fingerprint density at radius 1 is 1.53 bits per heavy atom. The average molecular weight is 205 g/mol. The van der Waals surface area contributed by atoms with Crippen LogP contribution >= 0.6 is 0 Å². The molecule has 2 heterocycles. The molecule has 2 N–H and O–H groups in total. The highest BCUT2D eigenvalue weighted by Crippen LogP contribution is 2.00. The van der Waals surface area contributed by atoms with Crippen LogP contribution in [0.25, 0.3) is 0 Å². The molecule has 5 nitrogen and oxygen atoms in total. The van der Waals surface area contributed by atoms with E-state index in [1.54, 1.807) is 6.20 Å². The van der Waals surface area contributed by atoms with Gasteiger partial charge >= 0.3 is 0 Å². The topological polar surface area (TPSA) is 58.5 Å². The van der Waals surface area contributed by atoms with Crippen molar-refractivity contribution < 1.29 is 0 Å². The Kier molecular flexibility index (Phi) is 3.02. The van der Waals surface area contributed by atoms with Crippen LogP contribution < -0.4 is 5.32 Å². The zero-order valence-corrected chi connectivity index (χ0v) is 8.77. The summed E-state index contributed by atoms with van der Waals surface area (Å²) in [5.41, 5.74) is 1.07. The van der Waals surface area contributed by atoms with Crippen molar-refractivity contribution in [1.82, 2.24) is 19.7 Å². The quantitative estimate of drug-likeness (QED) is 0.726. The Bertz CT molecular complexity index is 390. The molecule has 0 aliphatic rings. The van der Waals surface area contributed by atoms with Crippen molar-refractivity contribution in [3.63, 3.8) is 0 Å². The van der Waals surface area contributed by atoms with Crippen LogP contribution in [0.4, 0.5) is 5.95 Å². The average Bonchev–Trinajstić information content (AvgIpc) is 2.84. The summed E-state index contributed by atoms with van der Waals surface area (Å²) in [4.78, 5) is 7.29. The van der Waals surface area contributed by atoms with Gasteiger partial charge in [-0.1, -0.05) is 0 Å². The Labute approximate surface area is 88.5 Å². The molecule has 2 aromatic heterocycles. The van der Waals surface area contributed by atoms with Crippen LogP contribution in [0.3, 0.4) is 0 Å². The van der Waals surface area contributed by atoms with Crippen molar-refractivity contribution in [2.75, 3.05) is 11.9 Å². The number of aromatic nitrogens is 4. The number of aryl methyl sites for hydroxylation is 2. The van der Waals surface area contributed by atoms with Crippen LogP contribution in [-0.4, -0.2) is 26.3 Å². The van der Waals surface area contributed by atoms with E-state index in [0.717, 1.165) is 31.2 Å². The second kappa shape index (κ2) is 4.63. The largest absolute Gasteiger partial charge is 0.356 e. The predicted octanol–water partition coefficient (Wildman–Crippen LogP) is 1.42. The molecule has 0 saturated carbocycles. The molecule has 0 aromatic carbocycles. The number of imidazole rings is 1. The lowest BCUT2D eigenvalue weighted by Crippen LogP contribution is -2.07. The predicted molar refractivity (Wildman–Crippen MR) is 58.7 cm³/mol. The van der Waals surface area contributed by atoms with Gasteiger partial charge in [-0.15, -0.1) is 0 Å². The molecule has 2 rings (SSSR count). The third-order valence-corrected chi connectivity index (χ3v) is 2.12. The van der Waals surface area contributed by atoms with Crippen LogP contribution in [0.15, 0.2) is 24.7 Å². The van der Waals surface area contributed by atoms with E-state index in [1.165, 1.54) is 0 Å². The number of rotatable bonds is 5. The first-order chi connectivity index (χ1) is 7.34. The van der Waals surface area contributed by atoms with Gasteiger partial charge in [0.15, 0.2) is 5.95 Å². The molecule has 0 radical (unpaired) electrons. The second-order valence-electron chi connectivity index (χ2n) is 3.46. The van der Waals surface area contributed by atoms with Gasteiger partial charge in [0.1, 0.15) is 0 Å². The highest BCUT2D eigenvalue weighted by atomic mass is 15.3. The zero-order valence-electron chi connectivity index (χ0n) is 8.77. The van der Waals surface area contributed by atoms with Gasteiger partial charge in [0, 0.05) is 37.4 Å². The molecule has 0 unspecified atom stereocenters. The van der Waals surface area contributed by atoms with E-state index in [0.29, 0.717) is 0 Å². The second-order valence-corrected chi connectivity index (χ2v) is 3.46. The van der Waals surface area contributed by atoms with Crippen LogP contribution in [0.2, 0.25) is 0 Å². The molecule has 0 fully saturated rings. The summed E-state index contributed by atoms with van der Waals surface area (Å²) in [5.74, 6) is 0.841. The summed E-state index contributed by atoms with van der Waals surface area (Å²) in [7, 11) is 0. The molecule has 0 spiro atoms. The summed E-state index contributed by atoms with van der Waals surface area (Å²) in [6.07, 6.45) is 6.61. The van der Waals surface area contributed by atoms with E-state index in [9.17, 15) is 0 Å². The van der Waals surface area contributed by atoms with Crippen LogP contribution in [-0.2, 0) is 6.54 Å². The number of anilines is 1. The molecule has 2 aromatic rings. The molecular formula is C10H15N5. The van der Waals surface area contributed by atoms with E-state index in [2.05, 4.69) is 20.4 Å². The lowest BCUT2D eigenvalue weighted by atomic mass is 10.4. The summed E-state index contributed by atoms with van der Waals surface area (Å²) < 4.78 is 1.93. The number of aromatic amines is 1. The highest BCUT2D eigenvalue weighted by molar-refractivity contribution is 5.25. The van der Waals surface area contributed by atoms with Crippen molar-refractivity contribution in [2.24, 2.45) is 0 Å². The van der Waals surface area contributed by atoms with Gasteiger partial charge in [-0.3, -0.25) is 4.68 Å². The maximum Gasteiger partial charge on any atom is 0.200 e. The smallest absolute Gasteiger partial charge is 0.200 e. The van der Waals surface area contributed by atoms with E-state index in [-0.39, 0.29) is 0 Å². The maximum absolute atomic E-state index is 4.16. The monoisotopic (exact) mass is 205 g/mol. The van der Waals surface area contributed by atoms with E-state index < -0.39 is 0 Å². The number of nitrogens with zero attached hydrogens (tertiary/aromatic N) is 3. The molecule has 80 valence electrons. The Balaban J connectivity index is 1.67. The van der Waals surface area contributed by atoms with Gasteiger partial charge in [-0.25, -0.2) is 4.98 Å². The first kappa shape index (κ1) is 9.76. The molecule has 15 heavy (non-hydrogen) atoms. The Hall–Kier alpha value is -1.78. The Morgan fingerprint density at radius 3 is 3.13 bits per heavy atom. The van der Waals surface area contributed by atoms with Crippen molar-refractivity contribution >= 4 is 5.95 Å². The molecular weight excluding hydrogens is 190 g/mol. The first-order valence-corrected chi connectivity index (χ1v) is 5.07. The number of nitrogens with one attached hydrogen (secondary N) is 2. The van der Waals surface area contributed by atoms with Crippen molar-refractivity contribution in [3.05, 3.63) is 30.4 Å². The summed E-state index contributed by atoms with van der Waals surface area (Å²) in [6.45, 7) is 3.81. The number of hydrogen-bond acceptors (Lipinski definition) is 3. The third kappa shape index (κ3) is 2.83. The van der Waals surface area contributed by atoms with Crippen LogP contribution in [0.5, 0.6) is 0 Å². The molecule has 5 heteroatoms. The number of H-pyrrole nitrogens is 1. The minimum absolute atomic E-state index is 0.841. The normalized spacial score (nSPS) is 10.5. The minimum Gasteiger partial charge on any atom is -0.356 e. The molecule has 0 bridgehead atoms. The molecule has 0 saturated heterocycles. The van der Waals surface area contributed by atoms with E-state index in [1.807, 2.05) is 30.1 Å². The van der Waals surface area contributed by atoms with Gasteiger partial charge in [0.25, 0.3) is 0 Å². The van der Waals surface area contributed by atoms with Crippen LogP contribution in [0.1, 0.15) is 12.1 Å². The van der Waals surface area contributed by atoms with E-state index in [4.69, 9.17) is 0 Å². The fraction of sp³-hybridized carbons (Fsp3) is 0.400. The fourth-order valence-electron chi connectivity index (χ4n) is 1.38. The van der Waals surface area contributed by atoms with Gasteiger partial charge in [-0.05, 0) is 19.4 Å². The third-order valence-electron chi connectivity index (χ3n) is 2.12. The summed E-state index contributed by atoms with van der Waals surface area (Å²) in [6, 6.07) is 1.93. The Morgan fingerprint density at radius 2 is 2.47 bits per heavy atom. The lowest BCUT2D eigenvalue weighted by molar-refractivity contribution is 0.591. The molecule has 0 amide bonds. The number of hydrogen-bond donors (Lipinski definition) is 2. The van der Waals surface area contributed by atoms with Gasteiger partial charge < -0.3 is 10.3 Å². The standard InChI is InChI=1S/C10H15N5/c1-9-8-12-10(14-9)11-4-2-6-15-7-3-5-13-15/h3,5,7-8H,2,4,6H2,1H3,(H2,11,12,14). The minimum atomic E-state index is 0.841. The van der Waals surface area contributed by atoms with Gasteiger partial charge in [0.2, 0.25) is 0 Å². The highest BCUT2D eigenvalue weighted by Gasteiger charge is 1.95. The van der Waals surface area contributed by atoms with Crippen LogP contribution in [0, 0.1) is 6.92 Å². The van der Waals surface area contributed by atoms with Crippen molar-refractivity contribution in [2.45, 2.75) is 19.9 Å². The van der Waals surface area contributed by atoms with Gasteiger partial charge in [-0.2, -0.15) is 5.10 Å². The lowest BCUT2D eigenvalue weighted by Gasteiger charge is -2.03. The molecule has 0 aliphatic heterocycles.